The number of aromatic amines is 1. The molecule has 25 heavy (non-hydrogen) atoms. The number of nitrogens with zero attached hydrogens (tertiary/aromatic N) is 2. The molecule has 0 fully saturated rings. The summed E-state index contributed by atoms with van der Waals surface area (Å²) in [6, 6.07) is 18.4. The van der Waals surface area contributed by atoms with Gasteiger partial charge < -0.3 is 9.88 Å². The Morgan fingerprint density at radius 1 is 0.880 bits per heavy atom. The Morgan fingerprint density at radius 2 is 1.60 bits per heavy atom. The number of aryl methyl sites for hydroxylation is 1. The molecular weight excluding hydrogens is 334 g/mol. The molecule has 1 aromatic heterocycles. The van der Waals surface area contributed by atoms with Gasteiger partial charge in [-0.1, -0.05) is 35.9 Å². The predicted molar refractivity (Wildman–Crippen MR) is 99.4 cm³/mol. The van der Waals surface area contributed by atoms with Crippen molar-refractivity contribution < 1.29 is 8.42 Å². The van der Waals surface area contributed by atoms with Gasteiger partial charge in [-0.2, -0.15) is 0 Å². The Kier molecular flexibility index (Phi) is 3.62. The lowest BCUT2D eigenvalue weighted by Crippen LogP contribution is -2.30. The van der Waals surface area contributed by atoms with E-state index in [1.807, 2.05) is 42.2 Å². The molecule has 0 atom stereocenters. The molecule has 0 saturated heterocycles. The van der Waals surface area contributed by atoms with E-state index in [9.17, 15) is 8.42 Å². The highest BCUT2D eigenvalue weighted by Crippen LogP contribution is 2.39. The molecule has 0 saturated carbocycles. The fourth-order valence-electron chi connectivity index (χ4n) is 2.84. The predicted octanol–water partition coefficient (Wildman–Crippen LogP) is 4.14. The third-order valence-electron chi connectivity index (χ3n) is 4.15. The maximum absolute atomic E-state index is 13.0. The largest absolute Gasteiger partial charge is 0.346 e. The molecule has 0 unspecified atom stereocenters. The summed E-state index contributed by atoms with van der Waals surface area (Å²) in [7, 11) is -3.67. The third-order valence-corrected chi connectivity index (χ3v) is 5.85. The van der Waals surface area contributed by atoms with Gasteiger partial charge in [-0.3, -0.25) is 0 Å². The summed E-state index contributed by atoms with van der Waals surface area (Å²) in [4.78, 5) is 5.33. The summed E-state index contributed by atoms with van der Waals surface area (Å²) in [5.74, 6) is 0.712. The summed E-state index contributed by atoms with van der Waals surface area (Å²) >= 11 is 0. The van der Waals surface area contributed by atoms with E-state index in [1.165, 1.54) is 4.31 Å². The van der Waals surface area contributed by atoms with Crippen LogP contribution < -0.4 is 9.21 Å². The molecule has 1 N–H and O–H groups in total. The van der Waals surface area contributed by atoms with Crippen LogP contribution in [0.15, 0.2) is 84.2 Å². The summed E-state index contributed by atoms with van der Waals surface area (Å²) in [5, 5.41) is 0. The molecule has 0 amide bonds. The van der Waals surface area contributed by atoms with Gasteiger partial charge in [-0.25, -0.2) is 12.7 Å². The number of fused-ring (bicyclic) bond motifs is 1. The average Bonchev–Trinajstić information content (AvgIpc) is 3.11. The molecule has 0 bridgehead atoms. The highest BCUT2D eigenvalue weighted by atomic mass is 32.2. The van der Waals surface area contributed by atoms with Crippen molar-refractivity contribution in [3.05, 3.63) is 84.8 Å². The van der Waals surface area contributed by atoms with E-state index in [0.29, 0.717) is 11.5 Å². The molecular formula is C19H17N3O2S. The average molecular weight is 351 g/mol. The Labute approximate surface area is 146 Å². The molecule has 2 heterocycles. The van der Waals surface area contributed by atoms with Gasteiger partial charge in [0.2, 0.25) is 0 Å². The molecule has 0 aliphatic carbocycles. The summed E-state index contributed by atoms with van der Waals surface area (Å²) < 4.78 is 27.4. The second-order valence-corrected chi connectivity index (χ2v) is 7.64. The quantitative estimate of drug-likeness (QED) is 0.771. The number of nitrogens with one attached hydrogen (secondary N) is 1. The first kappa shape index (κ1) is 15.5. The van der Waals surface area contributed by atoms with Crippen LogP contribution in [0.3, 0.4) is 0 Å². The zero-order valence-electron chi connectivity index (χ0n) is 13.6. The Balaban J connectivity index is 1.78. The van der Waals surface area contributed by atoms with Crippen molar-refractivity contribution in [3.63, 3.8) is 0 Å². The van der Waals surface area contributed by atoms with Crippen LogP contribution in [0.25, 0.3) is 0 Å². The van der Waals surface area contributed by atoms with Crippen molar-refractivity contribution in [2.75, 3.05) is 9.21 Å². The maximum Gasteiger partial charge on any atom is 0.268 e. The zero-order chi connectivity index (χ0) is 17.4. The lowest BCUT2D eigenvalue weighted by Gasteiger charge is -2.30. The normalized spacial score (nSPS) is 13.8. The number of aromatic nitrogens is 1. The molecule has 126 valence electrons. The van der Waals surface area contributed by atoms with E-state index in [2.05, 4.69) is 4.98 Å². The van der Waals surface area contributed by atoms with Crippen LogP contribution in [0, 0.1) is 6.92 Å². The van der Waals surface area contributed by atoms with E-state index in [4.69, 9.17) is 0 Å². The molecule has 6 heteroatoms. The Morgan fingerprint density at radius 3 is 2.32 bits per heavy atom. The van der Waals surface area contributed by atoms with Crippen LogP contribution in [0.4, 0.5) is 17.2 Å². The van der Waals surface area contributed by atoms with E-state index >= 15 is 0 Å². The number of benzene rings is 2. The lowest BCUT2D eigenvalue weighted by atomic mass is 10.2. The topological polar surface area (TPSA) is 56.4 Å². The minimum Gasteiger partial charge on any atom is -0.346 e. The first-order valence-corrected chi connectivity index (χ1v) is 9.32. The minimum absolute atomic E-state index is 0.267. The van der Waals surface area contributed by atoms with Gasteiger partial charge in [0.25, 0.3) is 10.0 Å². The van der Waals surface area contributed by atoms with Crippen LogP contribution in [0.1, 0.15) is 5.56 Å². The fraction of sp³-hybridized carbons (Fsp3) is 0.0526. The minimum atomic E-state index is -3.67. The second-order valence-electron chi connectivity index (χ2n) is 5.83. The van der Waals surface area contributed by atoms with Crippen LogP contribution >= 0.6 is 0 Å². The van der Waals surface area contributed by atoms with E-state index in [-0.39, 0.29) is 4.90 Å². The summed E-state index contributed by atoms with van der Waals surface area (Å²) in [5.41, 5.74) is 2.56. The van der Waals surface area contributed by atoms with Crippen LogP contribution in [-0.2, 0) is 10.0 Å². The molecule has 0 radical (unpaired) electrons. The molecule has 1 aliphatic rings. The molecule has 1 aliphatic heterocycles. The highest BCUT2D eigenvalue weighted by Gasteiger charge is 2.30. The van der Waals surface area contributed by atoms with Crippen molar-refractivity contribution in [1.82, 2.24) is 4.98 Å². The summed E-state index contributed by atoms with van der Waals surface area (Å²) in [6.45, 7) is 1.93. The van der Waals surface area contributed by atoms with Gasteiger partial charge in [-0.05, 0) is 37.3 Å². The zero-order valence-corrected chi connectivity index (χ0v) is 14.4. The molecule has 4 rings (SSSR count). The Bertz CT molecular complexity index is 1020. The number of rotatable bonds is 3. The van der Waals surface area contributed by atoms with E-state index < -0.39 is 10.0 Å². The lowest BCUT2D eigenvalue weighted by molar-refractivity contribution is 0.595. The standard InChI is InChI=1S/C19H17N3O2S/c1-15-7-9-17(10-8-15)25(23,24)22-14-13-21(16-5-3-2-4-6-16)19-18(22)11-12-20-19/h2-14,20H,1H3. The monoisotopic (exact) mass is 351 g/mol. The molecule has 5 nitrogen and oxygen atoms in total. The van der Waals surface area contributed by atoms with Crippen LogP contribution in [0.5, 0.6) is 0 Å². The van der Waals surface area contributed by atoms with Crippen molar-refractivity contribution in [1.29, 1.82) is 0 Å². The Hall–Kier alpha value is -2.99. The van der Waals surface area contributed by atoms with Crippen molar-refractivity contribution >= 4 is 27.2 Å². The molecule has 0 spiro atoms. The SMILES string of the molecule is Cc1ccc(S(=O)(=O)N2C=CN(c3ccccc3)c3[nH]ccc32)cc1. The van der Waals surface area contributed by atoms with Gasteiger partial charge in [0.1, 0.15) is 5.82 Å². The van der Waals surface area contributed by atoms with Crippen LogP contribution in [0.2, 0.25) is 0 Å². The van der Waals surface area contributed by atoms with Gasteiger partial charge in [0.05, 0.1) is 10.6 Å². The van der Waals surface area contributed by atoms with E-state index in [0.717, 1.165) is 11.3 Å². The second kappa shape index (κ2) is 5.82. The number of H-pyrrole nitrogens is 1. The van der Waals surface area contributed by atoms with Gasteiger partial charge in [0.15, 0.2) is 0 Å². The van der Waals surface area contributed by atoms with Crippen LogP contribution in [-0.4, -0.2) is 13.4 Å². The number of sulfonamides is 1. The van der Waals surface area contributed by atoms with Gasteiger partial charge in [-0.15, -0.1) is 0 Å². The maximum atomic E-state index is 13.0. The first-order chi connectivity index (χ1) is 12.1. The summed E-state index contributed by atoms with van der Waals surface area (Å²) in [6.07, 6.45) is 5.07. The number of hydrogen-bond acceptors (Lipinski definition) is 3. The number of hydrogen-bond donors (Lipinski definition) is 1. The number of anilines is 3. The number of para-hydroxylation sites is 1. The van der Waals surface area contributed by atoms with Crippen molar-refractivity contribution in [2.45, 2.75) is 11.8 Å². The van der Waals surface area contributed by atoms with Gasteiger partial charge in [0, 0.05) is 24.3 Å². The van der Waals surface area contributed by atoms with Crippen molar-refractivity contribution in [3.8, 4) is 0 Å². The first-order valence-electron chi connectivity index (χ1n) is 7.88. The fourth-order valence-corrected chi connectivity index (χ4v) is 4.17. The van der Waals surface area contributed by atoms with Crippen molar-refractivity contribution in [2.24, 2.45) is 0 Å². The molecule has 2 aromatic carbocycles. The van der Waals surface area contributed by atoms with E-state index in [1.54, 1.807) is 48.9 Å². The smallest absolute Gasteiger partial charge is 0.268 e. The van der Waals surface area contributed by atoms with Gasteiger partial charge >= 0.3 is 0 Å². The highest BCUT2D eigenvalue weighted by molar-refractivity contribution is 7.93. The molecule has 3 aromatic rings. The third kappa shape index (κ3) is 2.60.